The first kappa shape index (κ1) is 18.7. The molecule has 3 aliphatic rings. The van der Waals surface area contributed by atoms with E-state index < -0.39 is 0 Å². The lowest BCUT2D eigenvalue weighted by atomic mass is 9.59. The number of halogens is 1. The van der Waals surface area contributed by atoms with Crippen LogP contribution in [0.4, 0.5) is 4.39 Å². The maximum atomic E-state index is 13.0. The van der Waals surface area contributed by atoms with Crippen LogP contribution in [0.3, 0.4) is 0 Å². The van der Waals surface area contributed by atoms with Crippen molar-refractivity contribution in [3.63, 3.8) is 0 Å². The van der Waals surface area contributed by atoms with E-state index in [0.29, 0.717) is 12.5 Å². The summed E-state index contributed by atoms with van der Waals surface area (Å²) in [5.41, 5.74) is 2.87. The Bertz CT molecular complexity index is 728. The standard InChI is InChI=1S/C23H30FNO2/c1-15-4-3-10-23(2)13-21-18(12-20(15)23)19(22(26)27-21)14-25-11-9-16-5-7-17(24)8-6-16/h5-8,12,15,18-19,21,25H,3-4,9-11,13-14H2,1-2H3. The number of esters is 1. The molecule has 2 fully saturated rings. The smallest absolute Gasteiger partial charge is 0.311 e. The van der Waals surface area contributed by atoms with E-state index in [2.05, 4.69) is 25.2 Å². The van der Waals surface area contributed by atoms with Crippen molar-refractivity contribution in [2.75, 3.05) is 13.1 Å². The van der Waals surface area contributed by atoms with Crippen molar-refractivity contribution < 1.29 is 13.9 Å². The molecule has 1 aliphatic heterocycles. The zero-order valence-electron chi connectivity index (χ0n) is 16.3. The molecule has 1 aromatic rings. The zero-order valence-corrected chi connectivity index (χ0v) is 16.3. The van der Waals surface area contributed by atoms with Gasteiger partial charge in [0, 0.05) is 12.5 Å². The van der Waals surface area contributed by atoms with Gasteiger partial charge in [-0.05, 0) is 61.3 Å². The molecule has 1 N–H and O–H groups in total. The van der Waals surface area contributed by atoms with Gasteiger partial charge in [0.2, 0.25) is 0 Å². The van der Waals surface area contributed by atoms with Gasteiger partial charge in [-0.2, -0.15) is 0 Å². The molecule has 5 atom stereocenters. The lowest BCUT2D eigenvalue weighted by Crippen LogP contribution is -2.40. The van der Waals surface area contributed by atoms with Crippen LogP contribution in [-0.4, -0.2) is 25.2 Å². The van der Waals surface area contributed by atoms with Crippen LogP contribution in [0, 0.1) is 29.0 Å². The van der Waals surface area contributed by atoms with Gasteiger partial charge in [0.1, 0.15) is 11.9 Å². The summed E-state index contributed by atoms with van der Waals surface area (Å²) in [6.45, 7) is 6.11. The molecule has 3 nitrogen and oxygen atoms in total. The molecule has 4 rings (SSSR count). The maximum absolute atomic E-state index is 13.0. The fourth-order valence-corrected chi connectivity index (χ4v) is 5.42. The summed E-state index contributed by atoms with van der Waals surface area (Å²) in [4.78, 5) is 12.5. The summed E-state index contributed by atoms with van der Waals surface area (Å²) in [5, 5.41) is 3.42. The van der Waals surface area contributed by atoms with Crippen LogP contribution in [0.1, 0.15) is 45.1 Å². The van der Waals surface area contributed by atoms with E-state index in [4.69, 9.17) is 4.74 Å². The minimum absolute atomic E-state index is 0.0421. The fraction of sp³-hybridized carbons (Fsp3) is 0.609. The van der Waals surface area contributed by atoms with Gasteiger partial charge in [-0.25, -0.2) is 4.39 Å². The van der Waals surface area contributed by atoms with Crippen molar-refractivity contribution in [1.29, 1.82) is 0 Å². The predicted molar refractivity (Wildman–Crippen MR) is 104 cm³/mol. The van der Waals surface area contributed by atoms with E-state index in [0.717, 1.165) is 24.9 Å². The molecular weight excluding hydrogens is 341 g/mol. The van der Waals surface area contributed by atoms with E-state index >= 15 is 0 Å². The molecule has 0 bridgehead atoms. The summed E-state index contributed by atoms with van der Waals surface area (Å²) in [6, 6.07) is 6.61. The Morgan fingerprint density at radius 3 is 2.85 bits per heavy atom. The third-order valence-electron chi connectivity index (χ3n) is 6.95. The number of fused-ring (bicyclic) bond motifs is 2. The monoisotopic (exact) mass is 371 g/mol. The van der Waals surface area contributed by atoms with Gasteiger partial charge in [0.15, 0.2) is 0 Å². The molecule has 5 unspecified atom stereocenters. The summed E-state index contributed by atoms with van der Waals surface area (Å²) in [5.74, 6) is 0.480. The summed E-state index contributed by atoms with van der Waals surface area (Å²) in [6.07, 6.45) is 7.99. The highest BCUT2D eigenvalue weighted by atomic mass is 19.1. The van der Waals surface area contributed by atoms with E-state index in [1.165, 1.54) is 31.4 Å². The Hall–Kier alpha value is -1.68. The van der Waals surface area contributed by atoms with Crippen molar-refractivity contribution in [1.82, 2.24) is 5.32 Å². The first-order valence-electron chi connectivity index (χ1n) is 10.3. The fourth-order valence-electron chi connectivity index (χ4n) is 5.42. The molecule has 1 heterocycles. The van der Waals surface area contributed by atoms with Gasteiger partial charge in [0.25, 0.3) is 0 Å². The van der Waals surface area contributed by atoms with Gasteiger partial charge < -0.3 is 10.1 Å². The van der Waals surface area contributed by atoms with Crippen LogP contribution in [0.2, 0.25) is 0 Å². The first-order chi connectivity index (χ1) is 13.0. The number of allylic oxidation sites excluding steroid dienone is 1. The van der Waals surface area contributed by atoms with E-state index in [-0.39, 0.29) is 35.1 Å². The number of carbonyl (C=O) groups excluding carboxylic acids is 1. The molecule has 1 aromatic carbocycles. The minimum atomic E-state index is -0.208. The molecule has 0 spiro atoms. The average molecular weight is 371 g/mol. The van der Waals surface area contributed by atoms with Crippen LogP contribution < -0.4 is 5.32 Å². The molecule has 0 radical (unpaired) electrons. The van der Waals surface area contributed by atoms with Crippen LogP contribution in [0.15, 0.2) is 35.9 Å². The number of hydrogen-bond acceptors (Lipinski definition) is 3. The zero-order chi connectivity index (χ0) is 19.0. The van der Waals surface area contributed by atoms with Crippen molar-refractivity contribution >= 4 is 5.97 Å². The highest BCUT2D eigenvalue weighted by molar-refractivity contribution is 5.76. The number of benzene rings is 1. The molecule has 2 aliphatic carbocycles. The number of carbonyl (C=O) groups is 1. The Balaban J connectivity index is 1.38. The summed E-state index contributed by atoms with van der Waals surface area (Å²) >= 11 is 0. The van der Waals surface area contributed by atoms with Gasteiger partial charge >= 0.3 is 5.97 Å². The second-order valence-electron chi connectivity index (χ2n) is 8.92. The second kappa shape index (κ2) is 7.38. The SMILES string of the molecule is CC1CCCC2(C)CC3OC(=O)C(CNCCc4ccc(F)cc4)C3C=C12. The molecular formula is C23H30FNO2. The summed E-state index contributed by atoms with van der Waals surface area (Å²) < 4.78 is 18.8. The number of hydrogen-bond donors (Lipinski definition) is 1. The molecule has 0 amide bonds. The Morgan fingerprint density at radius 1 is 1.30 bits per heavy atom. The van der Waals surface area contributed by atoms with Crippen LogP contribution >= 0.6 is 0 Å². The quantitative estimate of drug-likeness (QED) is 0.477. The number of nitrogens with one attached hydrogen (secondary N) is 1. The highest BCUT2D eigenvalue weighted by Crippen LogP contribution is 2.53. The molecule has 1 saturated heterocycles. The third kappa shape index (κ3) is 3.69. The van der Waals surface area contributed by atoms with Crippen molar-refractivity contribution in [2.24, 2.45) is 23.2 Å². The number of ether oxygens (including phenoxy) is 1. The topological polar surface area (TPSA) is 38.3 Å². The molecule has 4 heteroatoms. The highest BCUT2D eigenvalue weighted by Gasteiger charge is 2.51. The maximum Gasteiger partial charge on any atom is 0.311 e. The van der Waals surface area contributed by atoms with Crippen molar-refractivity contribution in [2.45, 2.75) is 52.1 Å². The predicted octanol–water partition coefficient (Wildman–Crippen LogP) is 4.27. The molecule has 27 heavy (non-hydrogen) atoms. The van der Waals surface area contributed by atoms with Gasteiger partial charge in [0.05, 0.1) is 5.92 Å². The third-order valence-corrected chi connectivity index (χ3v) is 6.95. The van der Waals surface area contributed by atoms with Crippen molar-refractivity contribution in [3.8, 4) is 0 Å². The van der Waals surface area contributed by atoms with Crippen LogP contribution in [0.25, 0.3) is 0 Å². The van der Waals surface area contributed by atoms with Crippen LogP contribution in [0.5, 0.6) is 0 Å². The second-order valence-corrected chi connectivity index (χ2v) is 8.92. The summed E-state index contributed by atoms with van der Waals surface area (Å²) in [7, 11) is 0. The average Bonchev–Trinajstić information content (AvgIpc) is 2.92. The first-order valence-corrected chi connectivity index (χ1v) is 10.3. The normalized spacial score (nSPS) is 35.2. The van der Waals surface area contributed by atoms with Gasteiger partial charge in [-0.3, -0.25) is 4.79 Å². The Labute approximate surface area is 161 Å². The van der Waals surface area contributed by atoms with E-state index in [9.17, 15) is 9.18 Å². The lowest BCUT2D eigenvalue weighted by Gasteiger charge is -2.46. The van der Waals surface area contributed by atoms with Gasteiger partial charge in [-0.1, -0.05) is 44.1 Å². The largest absolute Gasteiger partial charge is 0.461 e. The van der Waals surface area contributed by atoms with E-state index in [1.54, 1.807) is 5.57 Å². The Morgan fingerprint density at radius 2 is 2.07 bits per heavy atom. The molecule has 146 valence electrons. The Kier molecular flexibility index (Phi) is 5.11. The van der Waals surface area contributed by atoms with Gasteiger partial charge in [-0.15, -0.1) is 0 Å². The number of rotatable bonds is 5. The molecule has 0 aromatic heterocycles. The lowest BCUT2D eigenvalue weighted by molar-refractivity contribution is -0.145. The van der Waals surface area contributed by atoms with Crippen molar-refractivity contribution in [3.05, 3.63) is 47.3 Å². The molecule has 1 saturated carbocycles. The van der Waals surface area contributed by atoms with E-state index in [1.807, 2.05) is 12.1 Å². The minimum Gasteiger partial charge on any atom is -0.461 e. The van der Waals surface area contributed by atoms with Crippen LogP contribution in [-0.2, 0) is 16.0 Å².